The quantitative estimate of drug-likeness (QED) is 0.0431. The molecule has 1 fully saturated rings. The van der Waals surface area contributed by atoms with Crippen LogP contribution in [0, 0.1) is 23.2 Å². The second kappa shape index (κ2) is 26.8. The van der Waals surface area contributed by atoms with Crippen LogP contribution in [0.3, 0.4) is 0 Å². The first-order chi connectivity index (χ1) is 32.0. The molecule has 0 radical (unpaired) electrons. The summed E-state index contributed by atoms with van der Waals surface area (Å²) in [4.78, 5) is 35.2. The van der Waals surface area contributed by atoms with Crippen LogP contribution in [0.1, 0.15) is 154 Å². The van der Waals surface area contributed by atoms with Gasteiger partial charge in [-0.3, -0.25) is 0 Å². The highest BCUT2D eigenvalue weighted by molar-refractivity contribution is 6.03. The van der Waals surface area contributed by atoms with E-state index in [0.717, 1.165) is 61.6 Å². The molecule has 1 aliphatic heterocycles. The SMILES string of the molecule is C=CCO[C@@]12Oc3ccc(OC(=O)NCCCCCCCCCCCC)cc3[C@H]3[C@H](CCCCO)[C@@H](CCCCO)C=C(C(=NOCc4ccccc4)C[C@@H]1N(C)C(=O)OCC(C)(C)C)[C@H]32. The van der Waals surface area contributed by atoms with Gasteiger partial charge >= 0.3 is 12.2 Å². The van der Waals surface area contributed by atoms with Gasteiger partial charge in [0.05, 0.1) is 24.8 Å². The van der Waals surface area contributed by atoms with Crippen molar-refractivity contribution in [3.8, 4) is 11.5 Å². The van der Waals surface area contributed by atoms with E-state index in [-0.39, 0.29) is 62.6 Å². The van der Waals surface area contributed by atoms with E-state index in [9.17, 15) is 19.8 Å². The Labute approximate surface area is 395 Å². The number of amides is 2. The minimum atomic E-state index is -1.42. The van der Waals surface area contributed by atoms with E-state index in [4.69, 9.17) is 28.9 Å². The summed E-state index contributed by atoms with van der Waals surface area (Å²) >= 11 is 0. The molecule has 0 aromatic heterocycles. The molecule has 0 spiro atoms. The molecule has 366 valence electrons. The molecule has 2 aliphatic carbocycles. The second-order valence-corrected chi connectivity index (χ2v) is 19.8. The number of hydrogen-bond acceptors (Lipinski definition) is 10. The number of hydrogen-bond donors (Lipinski definition) is 3. The van der Waals surface area contributed by atoms with E-state index in [0.29, 0.717) is 36.6 Å². The molecule has 2 aromatic carbocycles. The summed E-state index contributed by atoms with van der Waals surface area (Å²) < 4.78 is 26.2. The smallest absolute Gasteiger partial charge is 0.412 e. The molecule has 2 aromatic rings. The first kappa shape index (κ1) is 52.6. The Morgan fingerprint density at radius 1 is 0.924 bits per heavy atom. The van der Waals surface area contributed by atoms with Gasteiger partial charge in [-0.05, 0) is 78.7 Å². The summed E-state index contributed by atoms with van der Waals surface area (Å²) in [6.45, 7) is 13.6. The normalized spacial score (nSPS) is 22.6. The van der Waals surface area contributed by atoms with Gasteiger partial charge in [-0.15, -0.1) is 6.58 Å². The largest absolute Gasteiger partial charge is 0.459 e. The molecular formula is C54H81N3O9. The first-order valence-electron chi connectivity index (χ1n) is 25.1. The average molecular weight is 916 g/mol. The maximum absolute atomic E-state index is 14.1. The Hall–Kier alpha value is -4.39. The van der Waals surface area contributed by atoms with E-state index in [1.807, 2.05) is 63.2 Å². The van der Waals surface area contributed by atoms with Crippen LogP contribution in [0.25, 0.3) is 0 Å². The number of unbranched alkanes of at least 4 members (excludes halogenated alkanes) is 11. The molecule has 1 heterocycles. The summed E-state index contributed by atoms with van der Waals surface area (Å²) in [5.41, 5.74) is 3.18. The Morgan fingerprint density at radius 3 is 2.27 bits per heavy atom. The lowest BCUT2D eigenvalue weighted by atomic mass is 9.55. The zero-order chi connectivity index (χ0) is 47.4. The lowest BCUT2D eigenvalue weighted by Crippen LogP contribution is -2.69. The van der Waals surface area contributed by atoms with Crippen LogP contribution in [0.2, 0.25) is 0 Å². The Kier molecular flexibility index (Phi) is 21.4. The summed E-state index contributed by atoms with van der Waals surface area (Å²) in [5, 5.41) is 27.7. The molecule has 12 heteroatoms. The number of nitrogens with zero attached hydrogens (tertiary/aromatic N) is 2. The van der Waals surface area contributed by atoms with Crippen molar-refractivity contribution in [2.75, 3.05) is 40.0 Å². The van der Waals surface area contributed by atoms with Crippen LogP contribution in [0.15, 0.2) is 78.0 Å². The number of oxime groups is 1. The van der Waals surface area contributed by atoms with Gasteiger partial charge in [-0.2, -0.15) is 0 Å². The van der Waals surface area contributed by atoms with Crippen LogP contribution < -0.4 is 14.8 Å². The molecule has 0 saturated heterocycles. The molecule has 5 rings (SSSR count). The van der Waals surface area contributed by atoms with Gasteiger partial charge in [0.1, 0.15) is 24.1 Å². The average Bonchev–Trinajstić information content (AvgIpc) is 3.30. The summed E-state index contributed by atoms with van der Waals surface area (Å²) in [6.07, 6.45) is 19.9. The maximum Gasteiger partial charge on any atom is 0.412 e. The van der Waals surface area contributed by atoms with Crippen molar-refractivity contribution in [3.63, 3.8) is 0 Å². The zero-order valence-corrected chi connectivity index (χ0v) is 40.8. The van der Waals surface area contributed by atoms with Crippen molar-refractivity contribution in [3.05, 3.63) is 84.0 Å². The molecule has 1 saturated carbocycles. The Morgan fingerprint density at radius 2 is 1.61 bits per heavy atom. The van der Waals surface area contributed by atoms with Gasteiger partial charge in [0.25, 0.3) is 0 Å². The highest BCUT2D eigenvalue weighted by Gasteiger charge is 2.65. The van der Waals surface area contributed by atoms with Crippen molar-refractivity contribution in [2.45, 2.75) is 161 Å². The highest BCUT2D eigenvalue weighted by Crippen LogP contribution is 2.62. The molecular weight excluding hydrogens is 835 g/mol. The lowest BCUT2D eigenvalue weighted by Gasteiger charge is -2.59. The van der Waals surface area contributed by atoms with E-state index >= 15 is 0 Å². The van der Waals surface area contributed by atoms with Crippen LogP contribution >= 0.6 is 0 Å². The fourth-order valence-electron chi connectivity index (χ4n) is 10.0. The number of carbonyl (C=O) groups is 2. The van der Waals surface area contributed by atoms with Crippen LogP contribution in [-0.2, 0) is 20.9 Å². The van der Waals surface area contributed by atoms with Crippen molar-refractivity contribution in [2.24, 2.45) is 28.3 Å². The van der Waals surface area contributed by atoms with Crippen LogP contribution in [0.4, 0.5) is 9.59 Å². The molecule has 0 bridgehead atoms. The number of aliphatic hydroxyl groups is 2. The zero-order valence-electron chi connectivity index (χ0n) is 40.8. The number of benzene rings is 2. The van der Waals surface area contributed by atoms with Gasteiger partial charge in [-0.1, -0.05) is 146 Å². The number of rotatable bonds is 28. The van der Waals surface area contributed by atoms with E-state index in [1.54, 1.807) is 24.1 Å². The van der Waals surface area contributed by atoms with E-state index in [2.05, 4.69) is 24.9 Å². The molecule has 3 aliphatic rings. The first-order valence-corrected chi connectivity index (χ1v) is 25.1. The molecule has 12 nitrogen and oxygen atoms in total. The Bertz CT molecular complexity index is 1860. The van der Waals surface area contributed by atoms with Crippen molar-refractivity contribution in [1.82, 2.24) is 10.2 Å². The monoisotopic (exact) mass is 916 g/mol. The predicted molar refractivity (Wildman–Crippen MR) is 261 cm³/mol. The van der Waals surface area contributed by atoms with Gasteiger partial charge in [-0.25, -0.2) is 9.59 Å². The van der Waals surface area contributed by atoms with Crippen molar-refractivity contribution < 1.29 is 43.6 Å². The number of ether oxygens (including phenoxy) is 4. The molecule has 0 unspecified atom stereocenters. The minimum Gasteiger partial charge on any atom is -0.459 e. The van der Waals surface area contributed by atoms with Gasteiger partial charge < -0.3 is 44.2 Å². The third kappa shape index (κ3) is 14.8. The van der Waals surface area contributed by atoms with Gasteiger partial charge in [0.15, 0.2) is 0 Å². The maximum atomic E-state index is 14.1. The topological polar surface area (TPSA) is 148 Å². The summed E-state index contributed by atoms with van der Waals surface area (Å²) in [7, 11) is 1.73. The molecule has 2 amide bonds. The predicted octanol–water partition coefficient (Wildman–Crippen LogP) is 11.6. The fraction of sp³-hybridized carbons (Fsp3) is 0.648. The number of likely N-dealkylation sites (N-methyl/N-ethyl adjacent to an activating group) is 1. The molecule has 66 heavy (non-hydrogen) atoms. The third-order valence-corrected chi connectivity index (χ3v) is 13.3. The second-order valence-electron chi connectivity index (χ2n) is 19.8. The number of fused-ring (bicyclic) bond motifs is 2. The van der Waals surface area contributed by atoms with Crippen molar-refractivity contribution >= 4 is 17.9 Å². The summed E-state index contributed by atoms with van der Waals surface area (Å²) in [6, 6.07) is 14.7. The van der Waals surface area contributed by atoms with E-state index in [1.165, 1.54) is 44.9 Å². The third-order valence-electron chi connectivity index (χ3n) is 13.3. The van der Waals surface area contributed by atoms with Gasteiger partial charge in [0, 0.05) is 44.7 Å². The van der Waals surface area contributed by atoms with Gasteiger partial charge in [0.2, 0.25) is 5.79 Å². The summed E-state index contributed by atoms with van der Waals surface area (Å²) in [5.74, 6) is -1.16. The minimum absolute atomic E-state index is 0.0159. The molecule has 6 atom stereocenters. The lowest BCUT2D eigenvalue weighted by molar-refractivity contribution is -0.253. The number of carbonyl (C=O) groups excluding carboxylic acids is 2. The molecule has 3 N–H and O–H groups in total. The number of allylic oxidation sites excluding steroid dienone is 1. The van der Waals surface area contributed by atoms with Crippen molar-refractivity contribution in [1.29, 1.82) is 0 Å². The number of nitrogens with one attached hydrogen (secondary N) is 1. The highest BCUT2D eigenvalue weighted by atomic mass is 16.7. The van der Waals surface area contributed by atoms with Crippen LogP contribution in [-0.4, -0.2) is 84.9 Å². The fourth-order valence-corrected chi connectivity index (χ4v) is 10.0. The Balaban J connectivity index is 1.53. The number of aliphatic hydroxyl groups excluding tert-OH is 2. The van der Waals surface area contributed by atoms with E-state index < -0.39 is 29.9 Å². The van der Waals surface area contributed by atoms with Crippen LogP contribution in [0.5, 0.6) is 11.5 Å². The standard InChI is InChI=1S/C54H81N3O9/c1-7-9-10-11-12-13-14-15-16-22-31-55-51(60)65-42-29-30-47-45(36-42)49-43(28-21-24-33-59)41(27-20-23-32-58)35-44-46(56-64-38-40-25-18-17-19-26-40)37-48(54(66-47,50(44)49)63-34-8-2)57(6)52(61)62-39-53(3,4)5/h8,17-19,25-26,29-30,35-36,41,43,48-50,58-59H,2,7,9-16,20-24,27-28,31-34,37-39H2,1,3-6H3,(H,55,60)/t41-,43+,48-,49+,50+,54+/m0/s1.